The van der Waals surface area contributed by atoms with E-state index in [1.165, 1.54) is 63.9 Å². The van der Waals surface area contributed by atoms with E-state index in [2.05, 4.69) is 146 Å². The van der Waals surface area contributed by atoms with E-state index < -0.39 is 17.6 Å². The molecule has 8 aliphatic rings. The van der Waals surface area contributed by atoms with Crippen molar-refractivity contribution in [3.8, 4) is 22.3 Å². The van der Waals surface area contributed by atoms with Crippen LogP contribution >= 0.6 is 0 Å². The predicted octanol–water partition coefficient (Wildman–Crippen LogP) is 8.37. The third kappa shape index (κ3) is 4.55. The molecule has 4 unspecified atom stereocenters. The molecule has 0 N–H and O–H groups in total. The van der Waals surface area contributed by atoms with E-state index in [1.54, 1.807) is 0 Å². The van der Waals surface area contributed by atoms with Gasteiger partial charge in [-0.15, -0.1) is 0 Å². The second kappa shape index (κ2) is 10.9. The summed E-state index contributed by atoms with van der Waals surface area (Å²) in [5.74, 6) is 3.42. The van der Waals surface area contributed by atoms with E-state index in [-0.39, 0.29) is 35.0 Å². The van der Waals surface area contributed by atoms with E-state index in [0.29, 0.717) is 26.4 Å². The van der Waals surface area contributed by atoms with Crippen LogP contribution in [0.15, 0.2) is 108 Å². The fourth-order valence-electron chi connectivity index (χ4n) is 9.43. The first-order valence-corrected chi connectivity index (χ1v) is 21.8. The Balaban J connectivity index is 1.08. The standard InChI is InChI=1S/C46H44N4O4.Pt/c1-45(2,3)35-11-7-9-27(19-35)29-13-31-17-32(14-29)38-22-52-42-44-50(26-48(38)42)40(24-54-44)34-16-30(28-10-8-12-36(20-28)46(4,5)6)15-33(18-34)39-23-53-43-41-47(25-49(39)43)37(31)21-51-41;/h7-20,37-40H,21-24H2,1-6H3;. The summed E-state index contributed by atoms with van der Waals surface area (Å²) in [5.41, 5.74) is 12.7. The first-order valence-electron chi connectivity index (χ1n) is 19.5. The summed E-state index contributed by atoms with van der Waals surface area (Å²) in [5, 5.41) is 0. The summed E-state index contributed by atoms with van der Waals surface area (Å²) in [6.07, 6.45) is 0. The second-order valence-electron chi connectivity index (χ2n) is 18.0. The van der Waals surface area contributed by atoms with Crippen LogP contribution in [0.2, 0.25) is 0 Å². The van der Waals surface area contributed by atoms with Crippen molar-refractivity contribution in [2.45, 2.75) is 76.5 Å². The van der Waals surface area contributed by atoms with Crippen LogP contribution in [0, 0.1) is 0 Å². The number of hydrogen-bond donors (Lipinski definition) is 0. The van der Waals surface area contributed by atoms with Gasteiger partial charge in [-0.3, -0.25) is 0 Å². The molecule has 0 aliphatic carbocycles. The van der Waals surface area contributed by atoms with Crippen LogP contribution in [-0.4, -0.2) is 54.3 Å². The molecule has 4 saturated heterocycles. The summed E-state index contributed by atoms with van der Waals surface area (Å²) >= 11 is -0.789. The zero-order valence-electron chi connectivity index (χ0n) is 32.0. The van der Waals surface area contributed by atoms with Gasteiger partial charge in [-0.2, -0.15) is 0 Å². The molecule has 282 valence electrons. The van der Waals surface area contributed by atoms with Gasteiger partial charge >= 0.3 is 332 Å². The Bertz CT molecular complexity index is 2270. The number of fused-ring (bicyclic) bond motifs is 8. The second-order valence-corrected chi connectivity index (χ2v) is 20.6. The molecule has 6 bridgehead atoms. The van der Waals surface area contributed by atoms with Crippen molar-refractivity contribution in [2.75, 3.05) is 26.4 Å². The predicted molar refractivity (Wildman–Crippen MR) is 207 cm³/mol. The Labute approximate surface area is 330 Å². The molecule has 8 aliphatic heterocycles. The Morgan fingerprint density at radius 1 is 0.436 bits per heavy atom. The molecule has 55 heavy (non-hydrogen) atoms. The van der Waals surface area contributed by atoms with Gasteiger partial charge in [0, 0.05) is 0 Å². The van der Waals surface area contributed by atoms with Gasteiger partial charge in [0.05, 0.1) is 0 Å². The van der Waals surface area contributed by atoms with Crippen LogP contribution < -0.4 is 0 Å². The maximum absolute atomic E-state index is 6.73. The van der Waals surface area contributed by atoms with Crippen molar-refractivity contribution in [2.24, 2.45) is 0 Å². The zero-order valence-corrected chi connectivity index (χ0v) is 34.2. The maximum atomic E-state index is 6.73. The van der Waals surface area contributed by atoms with Crippen LogP contribution in [0.25, 0.3) is 22.3 Å². The molecule has 4 aromatic rings. The monoisotopic (exact) mass is 911 g/mol. The van der Waals surface area contributed by atoms with Gasteiger partial charge in [-0.05, 0) is 0 Å². The first-order chi connectivity index (χ1) is 26.5. The average Bonchev–Trinajstić information content (AvgIpc) is 4.01. The van der Waals surface area contributed by atoms with Crippen molar-refractivity contribution in [1.82, 2.24) is 19.6 Å². The van der Waals surface area contributed by atoms with E-state index in [0.717, 1.165) is 23.5 Å². The van der Waals surface area contributed by atoms with Gasteiger partial charge in [-0.1, -0.05) is 0 Å². The summed E-state index contributed by atoms with van der Waals surface area (Å²) in [7, 11) is 0. The molecule has 0 aromatic heterocycles. The SMILES string of the molecule is CC(C)(C)c1cccc(-c2cc3cc(c2)C2COC4=C5OCC6c7cc(-c8cccc(C(C)(C)C)c8)cc(c7)C7COC8=C9OCC3N9[C](=[Pt]=[C](N42)N56)N87)c1. The van der Waals surface area contributed by atoms with E-state index >= 15 is 0 Å². The molecule has 9 heteroatoms. The fraction of sp³-hybridized carbons (Fsp3) is 0.348. The molecule has 8 heterocycles. The molecule has 0 amide bonds. The summed E-state index contributed by atoms with van der Waals surface area (Å²) in [6, 6.07) is 32.7. The number of hydrogen-bond acceptors (Lipinski definition) is 8. The number of benzene rings is 4. The van der Waals surface area contributed by atoms with Gasteiger partial charge in [0.25, 0.3) is 0 Å². The van der Waals surface area contributed by atoms with Crippen molar-refractivity contribution < 1.29 is 36.6 Å². The zero-order chi connectivity index (χ0) is 37.1. The summed E-state index contributed by atoms with van der Waals surface area (Å²) < 4.78 is 29.5. The molecule has 8 nitrogen and oxygen atoms in total. The van der Waals surface area contributed by atoms with E-state index in [1.807, 2.05) is 0 Å². The Hall–Kier alpha value is -4.81. The normalized spacial score (nSPS) is 25.3. The fourth-order valence-corrected chi connectivity index (χ4v) is 13.3. The van der Waals surface area contributed by atoms with Crippen molar-refractivity contribution in [3.05, 3.63) is 142 Å². The van der Waals surface area contributed by atoms with Crippen molar-refractivity contribution >= 4 is 8.29 Å². The number of nitrogens with zero attached hydrogens (tertiary/aromatic N) is 4. The third-order valence-corrected chi connectivity index (χ3v) is 15.7. The average molecular weight is 912 g/mol. The van der Waals surface area contributed by atoms with Gasteiger partial charge < -0.3 is 0 Å². The van der Waals surface area contributed by atoms with E-state index in [9.17, 15) is 0 Å². The molecule has 12 rings (SSSR count). The summed E-state index contributed by atoms with van der Waals surface area (Å²) in [4.78, 5) is 9.99. The van der Waals surface area contributed by atoms with Crippen LogP contribution in [-0.2, 0) is 47.4 Å². The number of ether oxygens (including phenoxy) is 4. The molecule has 0 radical (unpaired) electrons. The Morgan fingerprint density at radius 3 is 1.07 bits per heavy atom. The molecule has 0 spiro atoms. The van der Waals surface area contributed by atoms with Crippen molar-refractivity contribution in [1.29, 1.82) is 0 Å². The van der Waals surface area contributed by atoms with Crippen LogP contribution in [0.4, 0.5) is 0 Å². The van der Waals surface area contributed by atoms with Gasteiger partial charge in [-0.25, -0.2) is 0 Å². The first kappa shape index (κ1) is 32.4. The van der Waals surface area contributed by atoms with Gasteiger partial charge in [0.1, 0.15) is 0 Å². The Kier molecular flexibility index (Phi) is 6.45. The molecule has 4 atom stereocenters. The quantitative estimate of drug-likeness (QED) is 0.199. The number of rotatable bonds is 2. The molecular formula is C46H44N4O4Pt. The van der Waals surface area contributed by atoms with Crippen LogP contribution in [0.5, 0.6) is 0 Å². The molecule has 0 saturated carbocycles. The topological polar surface area (TPSA) is 49.9 Å². The van der Waals surface area contributed by atoms with Crippen LogP contribution in [0.1, 0.15) is 99.1 Å². The minimum absolute atomic E-state index is 0.0234. The molecule has 4 aromatic carbocycles. The van der Waals surface area contributed by atoms with Gasteiger partial charge in [0.15, 0.2) is 0 Å². The molecular weight excluding hydrogens is 868 g/mol. The van der Waals surface area contributed by atoms with Gasteiger partial charge in [0.2, 0.25) is 0 Å². The van der Waals surface area contributed by atoms with Crippen LogP contribution in [0.3, 0.4) is 0 Å². The minimum atomic E-state index is -0.789. The Morgan fingerprint density at radius 2 is 0.764 bits per heavy atom. The third-order valence-electron chi connectivity index (χ3n) is 12.5. The molecule has 4 fully saturated rings. The van der Waals surface area contributed by atoms with Crippen molar-refractivity contribution in [3.63, 3.8) is 0 Å². The summed E-state index contributed by atoms with van der Waals surface area (Å²) in [6.45, 7) is 16.0. The van der Waals surface area contributed by atoms with E-state index in [4.69, 9.17) is 18.9 Å².